The Kier molecular flexibility index (Phi) is 4.00. The third-order valence-electron chi connectivity index (χ3n) is 3.93. The predicted molar refractivity (Wildman–Crippen MR) is 92.7 cm³/mol. The van der Waals surface area contributed by atoms with Gasteiger partial charge in [0, 0.05) is 10.0 Å². The highest BCUT2D eigenvalue weighted by molar-refractivity contribution is 9.10. The third-order valence-corrected chi connectivity index (χ3v) is 4.59. The Morgan fingerprint density at radius 1 is 1.36 bits per heavy atom. The summed E-state index contributed by atoms with van der Waals surface area (Å²) in [6.07, 6.45) is 0.558. The number of benzene rings is 1. The number of ether oxygens (including phenoxy) is 1. The van der Waals surface area contributed by atoms with Gasteiger partial charge in [-0.1, -0.05) is 18.2 Å². The molecule has 3 amide bonds. The van der Waals surface area contributed by atoms with Crippen molar-refractivity contribution >= 4 is 39.5 Å². The number of carbonyl (C=O) groups is 3. The molecule has 2 heterocycles. The minimum absolute atomic E-state index is 0.0675. The Balaban J connectivity index is 1.94. The third kappa shape index (κ3) is 2.75. The molecule has 0 fully saturated rings. The van der Waals surface area contributed by atoms with Crippen LogP contribution < -0.4 is 5.32 Å². The number of anilines is 1. The van der Waals surface area contributed by atoms with Crippen LogP contribution in [0, 0.1) is 0 Å². The van der Waals surface area contributed by atoms with Crippen LogP contribution in [-0.4, -0.2) is 40.1 Å². The van der Waals surface area contributed by atoms with E-state index in [9.17, 15) is 19.5 Å². The molecular weight excluding hydrogens is 392 g/mol. The fourth-order valence-electron chi connectivity index (χ4n) is 2.82. The number of hydrogen-bond acceptors (Lipinski definition) is 5. The van der Waals surface area contributed by atoms with Gasteiger partial charge in [-0.25, -0.2) is 9.69 Å². The van der Waals surface area contributed by atoms with Crippen molar-refractivity contribution in [3.05, 3.63) is 39.9 Å². The number of rotatable bonds is 1. The number of carbonyl (C=O) groups excluding carboxylic acids is 3. The highest BCUT2D eigenvalue weighted by Crippen LogP contribution is 2.45. The SMILES string of the molecule is CC(C)(C)OC(=O)N1CC=C(C2(O)C(=O)Nc3c(Br)cccc32)C1=O. The van der Waals surface area contributed by atoms with E-state index in [0.29, 0.717) is 10.2 Å². The lowest BCUT2D eigenvalue weighted by atomic mass is 9.87. The number of nitrogens with zero attached hydrogens (tertiary/aromatic N) is 1. The average molecular weight is 409 g/mol. The first-order chi connectivity index (χ1) is 11.6. The van der Waals surface area contributed by atoms with E-state index in [2.05, 4.69) is 21.2 Å². The van der Waals surface area contributed by atoms with Crippen LogP contribution in [0.1, 0.15) is 26.3 Å². The highest BCUT2D eigenvalue weighted by atomic mass is 79.9. The summed E-state index contributed by atoms with van der Waals surface area (Å²) in [7, 11) is 0. The first-order valence-electron chi connectivity index (χ1n) is 7.64. The number of para-hydroxylation sites is 1. The molecule has 1 atom stereocenters. The maximum Gasteiger partial charge on any atom is 0.417 e. The van der Waals surface area contributed by atoms with Gasteiger partial charge in [-0.2, -0.15) is 0 Å². The van der Waals surface area contributed by atoms with Crippen molar-refractivity contribution in [1.82, 2.24) is 4.90 Å². The van der Waals surface area contributed by atoms with Crippen LogP contribution in [-0.2, 0) is 19.9 Å². The van der Waals surface area contributed by atoms with E-state index >= 15 is 0 Å². The second-order valence-corrected chi connectivity index (χ2v) is 7.70. The summed E-state index contributed by atoms with van der Waals surface area (Å²) in [6, 6.07) is 4.92. The van der Waals surface area contributed by atoms with E-state index in [0.717, 1.165) is 4.90 Å². The second-order valence-electron chi connectivity index (χ2n) is 6.84. The molecule has 3 rings (SSSR count). The summed E-state index contributed by atoms with van der Waals surface area (Å²) in [5.41, 5.74) is -2.41. The lowest BCUT2D eigenvalue weighted by molar-refractivity contribution is -0.136. The first kappa shape index (κ1) is 17.6. The van der Waals surface area contributed by atoms with Crippen LogP contribution in [0.25, 0.3) is 0 Å². The number of fused-ring (bicyclic) bond motifs is 1. The molecular formula is C17H17BrN2O5. The zero-order valence-electron chi connectivity index (χ0n) is 13.9. The van der Waals surface area contributed by atoms with Crippen LogP contribution in [0.5, 0.6) is 0 Å². The van der Waals surface area contributed by atoms with Crippen LogP contribution in [0.2, 0.25) is 0 Å². The van der Waals surface area contributed by atoms with Crippen molar-refractivity contribution < 1.29 is 24.2 Å². The van der Waals surface area contributed by atoms with E-state index in [1.807, 2.05) is 0 Å². The fourth-order valence-corrected chi connectivity index (χ4v) is 3.29. The molecule has 2 aliphatic rings. The summed E-state index contributed by atoms with van der Waals surface area (Å²) in [6.45, 7) is 4.99. The van der Waals surface area contributed by atoms with Crippen molar-refractivity contribution in [3.8, 4) is 0 Å². The lowest BCUT2D eigenvalue weighted by Gasteiger charge is -2.25. The Morgan fingerprint density at radius 3 is 2.68 bits per heavy atom. The smallest absolute Gasteiger partial charge is 0.417 e. The molecule has 2 N–H and O–H groups in total. The minimum Gasteiger partial charge on any atom is -0.443 e. The van der Waals surface area contributed by atoms with Crippen molar-refractivity contribution in [2.24, 2.45) is 0 Å². The largest absolute Gasteiger partial charge is 0.443 e. The Morgan fingerprint density at radius 2 is 2.04 bits per heavy atom. The molecule has 132 valence electrons. The van der Waals surface area contributed by atoms with Gasteiger partial charge in [-0.05, 0) is 42.8 Å². The van der Waals surface area contributed by atoms with E-state index < -0.39 is 29.1 Å². The second kappa shape index (κ2) is 5.67. The molecule has 0 spiro atoms. The fraction of sp³-hybridized carbons (Fsp3) is 0.353. The molecule has 2 aliphatic heterocycles. The summed E-state index contributed by atoms with van der Waals surface area (Å²) in [4.78, 5) is 38.1. The van der Waals surface area contributed by atoms with Gasteiger partial charge in [0.15, 0.2) is 0 Å². The normalized spacial score (nSPS) is 22.6. The molecule has 0 aromatic heterocycles. The predicted octanol–water partition coefficient (Wildman–Crippen LogP) is 2.29. The van der Waals surface area contributed by atoms with E-state index in [4.69, 9.17) is 4.74 Å². The maximum atomic E-state index is 12.7. The van der Waals surface area contributed by atoms with E-state index in [1.165, 1.54) is 6.08 Å². The standard InChI is InChI=1S/C17H17BrN2O5/c1-16(2,3)25-15(23)20-8-7-10(13(20)21)17(24)9-5-4-6-11(18)12(9)19-14(17)22/h4-7,24H,8H2,1-3H3,(H,19,22). The number of imide groups is 1. The maximum absolute atomic E-state index is 12.7. The molecule has 1 aromatic carbocycles. The highest BCUT2D eigenvalue weighted by Gasteiger charge is 2.54. The molecule has 0 saturated carbocycles. The molecule has 7 nitrogen and oxygen atoms in total. The summed E-state index contributed by atoms with van der Waals surface area (Å²) >= 11 is 3.30. The van der Waals surface area contributed by atoms with Crippen molar-refractivity contribution in [3.63, 3.8) is 0 Å². The van der Waals surface area contributed by atoms with E-state index in [-0.39, 0.29) is 17.7 Å². The minimum atomic E-state index is -2.15. The molecule has 0 saturated heterocycles. The monoisotopic (exact) mass is 408 g/mol. The number of amides is 3. The average Bonchev–Trinajstić information content (AvgIpc) is 2.99. The molecule has 25 heavy (non-hydrogen) atoms. The summed E-state index contributed by atoms with van der Waals surface area (Å²) in [5, 5.41) is 13.6. The van der Waals surface area contributed by atoms with Gasteiger partial charge in [-0.15, -0.1) is 0 Å². The molecule has 1 aromatic rings. The van der Waals surface area contributed by atoms with Gasteiger partial charge in [0.05, 0.1) is 17.8 Å². The zero-order chi connectivity index (χ0) is 18.6. The van der Waals surface area contributed by atoms with Crippen LogP contribution in [0.15, 0.2) is 34.3 Å². The van der Waals surface area contributed by atoms with Gasteiger partial charge in [-0.3, -0.25) is 9.59 Å². The summed E-state index contributed by atoms with van der Waals surface area (Å²) < 4.78 is 5.78. The van der Waals surface area contributed by atoms with Gasteiger partial charge in [0.1, 0.15) is 5.60 Å². The Bertz CT molecular complexity index is 827. The zero-order valence-corrected chi connectivity index (χ0v) is 15.5. The quantitative estimate of drug-likeness (QED) is 0.742. The van der Waals surface area contributed by atoms with Crippen LogP contribution in [0.3, 0.4) is 0 Å². The van der Waals surface area contributed by atoms with Gasteiger partial charge in [0.25, 0.3) is 11.8 Å². The van der Waals surface area contributed by atoms with Crippen LogP contribution in [0.4, 0.5) is 10.5 Å². The van der Waals surface area contributed by atoms with Gasteiger partial charge >= 0.3 is 6.09 Å². The van der Waals surface area contributed by atoms with Gasteiger partial charge < -0.3 is 15.2 Å². The molecule has 0 bridgehead atoms. The van der Waals surface area contributed by atoms with Crippen molar-refractivity contribution in [1.29, 1.82) is 0 Å². The summed E-state index contributed by atoms with van der Waals surface area (Å²) in [5.74, 6) is -1.49. The van der Waals surface area contributed by atoms with Gasteiger partial charge in [0.2, 0.25) is 5.60 Å². The molecule has 1 unspecified atom stereocenters. The number of nitrogens with one attached hydrogen (secondary N) is 1. The van der Waals surface area contributed by atoms with Crippen LogP contribution >= 0.6 is 15.9 Å². The number of hydrogen-bond donors (Lipinski definition) is 2. The van der Waals surface area contributed by atoms with Crippen molar-refractivity contribution in [2.45, 2.75) is 32.0 Å². The van der Waals surface area contributed by atoms with Crippen molar-refractivity contribution in [2.75, 3.05) is 11.9 Å². The molecule has 0 aliphatic carbocycles. The Labute approximate surface area is 152 Å². The van der Waals surface area contributed by atoms with E-state index in [1.54, 1.807) is 39.0 Å². The topological polar surface area (TPSA) is 95.9 Å². The number of halogens is 1. The Hall–Kier alpha value is -2.19. The molecule has 8 heteroatoms. The number of aliphatic hydroxyl groups is 1. The lowest BCUT2D eigenvalue weighted by Crippen LogP contribution is -2.44. The first-order valence-corrected chi connectivity index (χ1v) is 8.43. The molecule has 0 radical (unpaired) electrons.